The second-order valence-electron chi connectivity index (χ2n) is 6.42. The van der Waals surface area contributed by atoms with E-state index in [9.17, 15) is 9.18 Å². The van der Waals surface area contributed by atoms with E-state index in [1.54, 1.807) is 47.4 Å². The number of nitrogens with one attached hydrogen (secondary N) is 1. The Balaban J connectivity index is 1.88. The zero-order valence-corrected chi connectivity index (χ0v) is 16.0. The summed E-state index contributed by atoms with van der Waals surface area (Å²) in [6, 6.07) is 8.66. The van der Waals surface area contributed by atoms with E-state index in [0.717, 1.165) is 16.5 Å². The van der Waals surface area contributed by atoms with Gasteiger partial charge in [-0.25, -0.2) is 4.39 Å². The fraction of sp³-hybridized carbons (Fsp3) is 0.238. The zero-order valence-electron chi connectivity index (χ0n) is 16.0. The molecule has 0 radical (unpaired) electrons. The van der Waals surface area contributed by atoms with Gasteiger partial charge in [-0.2, -0.15) is 5.10 Å². The van der Waals surface area contributed by atoms with Crippen molar-refractivity contribution in [2.75, 3.05) is 20.1 Å². The molecule has 0 unspecified atom stereocenters. The van der Waals surface area contributed by atoms with Crippen LogP contribution >= 0.6 is 0 Å². The van der Waals surface area contributed by atoms with E-state index in [1.165, 1.54) is 0 Å². The molecule has 3 heterocycles. The van der Waals surface area contributed by atoms with Gasteiger partial charge in [0.2, 0.25) is 6.86 Å². The molecule has 0 saturated carbocycles. The Hall–Kier alpha value is -3.39. The van der Waals surface area contributed by atoms with Crippen LogP contribution in [0.2, 0.25) is 0 Å². The first-order valence-corrected chi connectivity index (χ1v) is 9.33. The molecule has 8 heteroatoms. The number of hydrogen-bond acceptors (Lipinski definition) is 4. The topological polar surface area (TPSA) is 74.1 Å². The van der Waals surface area contributed by atoms with Crippen molar-refractivity contribution in [3.05, 3.63) is 65.5 Å². The number of aromatic amines is 1. The van der Waals surface area contributed by atoms with Gasteiger partial charge in [-0.15, -0.1) is 0 Å². The highest BCUT2D eigenvalue weighted by Gasteiger charge is 2.16. The van der Waals surface area contributed by atoms with E-state index < -0.39 is 6.86 Å². The Morgan fingerprint density at radius 1 is 1.21 bits per heavy atom. The lowest BCUT2D eigenvalue weighted by molar-refractivity contribution is 0.140. The van der Waals surface area contributed by atoms with Gasteiger partial charge in [0.1, 0.15) is 11.3 Å². The summed E-state index contributed by atoms with van der Waals surface area (Å²) < 4.78 is 26.2. The molecule has 1 aromatic carbocycles. The molecule has 0 saturated heterocycles. The maximum absolute atomic E-state index is 13.4. The van der Waals surface area contributed by atoms with Crippen LogP contribution in [0.4, 0.5) is 4.39 Å². The third kappa shape index (κ3) is 3.66. The Morgan fingerprint density at radius 2 is 2.03 bits per heavy atom. The number of rotatable bonds is 8. The molecular formula is C21H21FN4O3. The predicted octanol–water partition coefficient (Wildman–Crippen LogP) is 3.52. The number of halogens is 1. The maximum atomic E-state index is 13.4. The van der Waals surface area contributed by atoms with Crippen LogP contribution in [0.25, 0.3) is 27.7 Å². The van der Waals surface area contributed by atoms with Crippen molar-refractivity contribution in [3.8, 4) is 22.6 Å². The van der Waals surface area contributed by atoms with Gasteiger partial charge in [-0.1, -0.05) is 0 Å². The third-order valence-electron chi connectivity index (χ3n) is 4.76. The highest BCUT2D eigenvalue weighted by molar-refractivity contribution is 5.94. The van der Waals surface area contributed by atoms with Crippen LogP contribution in [0.3, 0.4) is 0 Å². The lowest BCUT2D eigenvalue weighted by Crippen LogP contribution is -2.21. The molecule has 0 aliphatic carbocycles. The lowest BCUT2D eigenvalue weighted by atomic mass is 10.1. The van der Waals surface area contributed by atoms with Gasteiger partial charge in [0.05, 0.1) is 12.8 Å². The molecule has 0 amide bonds. The van der Waals surface area contributed by atoms with Crippen molar-refractivity contribution < 1.29 is 13.9 Å². The standard InChI is InChI=1S/C21H21FN4O3/c1-2-28-10-9-25-8-7-18-19(15-11-23-24-12-15)13-26(21(27)20(18)25)16-3-5-17(6-4-16)29-14-22/h3-8,11-13H,2,9-10,14H2,1H3,(H,23,24). The Kier molecular flexibility index (Phi) is 5.44. The number of H-pyrrole nitrogens is 1. The molecule has 29 heavy (non-hydrogen) atoms. The summed E-state index contributed by atoms with van der Waals surface area (Å²) in [6.45, 7) is 2.75. The molecule has 0 spiro atoms. The molecule has 7 nitrogen and oxygen atoms in total. The molecule has 0 aliphatic heterocycles. The Morgan fingerprint density at radius 3 is 2.72 bits per heavy atom. The number of hydrogen-bond donors (Lipinski definition) is 1. The molecule has 0 atom stereocenters. The Labute approximate surface area is 166 Å². The molecule has 1 N–H and O–H groups in total. The van der Waals surface area contributed by atoms with Crippen LogP contribution in [0.1, 0.15) is 6.92 Å². The second-order valence-corrected chi connectivity index (χ2v) is 6.42. The van der Waals surface area contributed by atoms with Gasteiger partial charge < -0.3 is 14.0 Å². The van der Waals surface area contributed by atoms with Crippen molar-refractivity contribution in [2.45, 2.75) is 13.5 Å². The average Bonchev–Trinajstić information content (AvgIpc) is 3.41. The van der Waals surface area contributed by atoms with Gasteiger partial charge in [0.25, 0.3) is 5.56 Å². The molecular weight excluding hydrogens is 375 g/mol. The Bertz CT molecular complexity index is 1150. The number of ether oxygens (including phenoxy) is 2. The van der Waals surface area contributed by atoms with E-state index in [-0.39, 0.29) is 5.56 Å². The van der Waals surface area contributed by atoms with Crippen molar-refractivity contribution in [1.82, 2.24) is 19.3 Å². The van der Waals surface area contributed by atoms with E-state index in [0.29, 0.717) is 36.7 Å². The lowest BCUT2D eigenvalue weighted by Gasteiger charge is -2.12. The quantitative estimate of drug-likeness (QED) is 0.463. The van der Waals surface area contributed by atoms with E-state index >= 15 is 0 Å². The summed E-state index contributed by atoms with van der Waals surface area (Å²) >= 11 is 0. The number of fused-ring (bicyclic) bond motifs is 1. The van der Waals surface area contributed by atoms with E-state index in [2.05, 4.69) is 10.2 Å². The molecule has 0 fully saturated rings. The van der Waals surface area contributed by atoms with Crippen molar-refractivity contribution in [3.63, 3.8) is 0 Å². The number of benzene rings is 1. The SMILES string of the molecule is CCOCCn1ccc2c(-c3cn[nH]c3)cn(-c3ccc(OCF)cc3)c(=O)c21. The van der Waals surface area contributed by atoms with Crippen molar-refractivity contribution >= 4 is 10.9 Å². The number of alkyl halides is 1. The van der Waals surface area contributed by atoms with Crippen LogP contribution in [0, 0.1) is 0 Å². The first-order valence-electron chi connectivity index (χ1n) is 9.33. The first kappa shape index (κ1) is 18.9. The fourth-order valence-corrected chi connectivity index (χ4v) is 3.38. The predicted molar refractivity (Wildman–Crippen MR) is 108 cm³/mol. The third-order valence-corrected chi connectivity index (χ3v) is 4.76. The van der Waals surface area contributed by atoms with Gasteiger partial charge in [0, 0.05) is 53.9 Å². The van der Waals surface area contributed by atoms with Crippen molar-refractivity contribution in [1.29, 1.82) is 0 Å². The van der Waals surface area contributed by atoms with Crippen molar-refractivity contribution in [2.24, 2.45) is 0 Å². The monoisotopic (exact) mass is 396 g/mol. The van der Waals surface area contributed by atoms with Crippen LogP contribution in [-0.2, 0) is 11.3 Å². The van der Waals surface area contributed by atoms with Gasteiger partial charge in [0.15, 0.2) is 0 Å². The van der Waals surface area contributed by atoms with Gasteiger partial charge in [-0.05, 0) is 37.3 Å². The highest BCUT2D eigenvalue weighted by Crippen LogP contribution is 2.28. The largest absolute Gasteiger partial charge is 0.463 e. The minimum absolute atomic E-state index is 0.145. The normalized spacial score (nSPS) is 11.2. The highest BCUT2D eigenvalue weighted by atomic mass is 19.1. The molecule has 3 aromatic heterocycles. The number of pyridine rings is 1. The smallest absolute Gasteiger partial charge is 0.279 e. The van der Waals surface area contributed by atoms with Crippen LogP contribution in [0.5, 0.6) is 5.75 Å². The summed E-state index contributed by atoms with van der Waals surface area (Å²) in [6.07, 6.45) is 7.21. The first-order chi connectivity index (χ1) is 14.2. The molecule has 0 bridgehead atoms. The number of nitrogens with zero attached hydrogens (tertiary/aromatic N) is 3. The minimum atomic E-state index is -0.900. The van der Waals surface area contributed by atoms with Crippen LogP contribution < -0.4 is 10.3 Å². The van der Waals surface area contributed by atoms with E-state index in [1.807, 2.05) is 23.8 Å². The maximum Gasteiger partial charge on any atom is 0.279 e. The molecule has 150 valence electrons. The van der Waals surface area contributed by atoms with Crippen LogP contribution in [0.15, 0.2) is 59.9 Å². The summed E-state index contributed by atoms with van der Waals surface area (Å²) in [5.41, 5.74) is 2.86. The molecule has 0 aliphatic rings. The summed E-state index contributed by atoms with van der Waals surface area (Å²) in [5.74, 6) is 0.403. The van der Waals surface area contributed by atoms with Gasteiger partial charge >= 0.3 is 0 Å². The minimum Gasteiger partial charge on any atom is -0.463 e. The van der Waals surface area contributed by atoms with Gasteiger partial charge in [-0.3, -0.25) is 14.5 Å². The second kappa shape index (κ2) is 8.32. The van der Waals surface area contributed by atoms with Crippen LogP contribution in [-0.4, -0.2) is 39.4 Å². The summed E-state index contributed by atoms with van der Waals surface area (Å²) in [4.78, 5) is 13.4. The van der Waals surface area contributed by atoms with E-state index in [4.69, 9.17) is 9.47 Å². The molecule has 4 aromatic rings. The fourth-order valence-electron chi connectivity index (χ4n) is 3.38. The average molecular weight is 396 g/mol. The number of aromatic nitrogens is 4. The molecule has 4 rings (SSSR count). The zero-order chi connectivity index (χ0) is 20.2. The summed E-state index contributed by atoms with van der Waals surface area (Å²) in [7, 11) is 0. The summed E-state index contributed by atoms with van der Waals surface area (Å²) in [5, 5.41) is 7.71.